The van der Waals surface area contributed by atoms with Crippen molar-refractivity contribution in [3.05, 3.63) is 28.8 Å². The van der Waals surface area contributed by atoms with E-state index in [4.69, 9.17) is 16.9 Å². The summed E-state index contributed by atoms with van der Waals surface area (Å²) in [5.74, 6) is 0. The lowest BCUT2D eigenvalue weighted by Gasteiger charge is -2.29. The summed E-state index contributed by atoms with van der Waals surface area (Å²) in [6, 6.07) is 8.62. The van der Waals surface area contributed by atoms with Crippen LogP contribution >= 0.6 is 11.6 Å². The van der Waals surface area contributed by atoms with E-state index in [1.54, 1.807) is 6.07 Å². The third-order valence-corrected chi connectivity index (χ3v) is 3.42. The lowest BCUT2D eigenvalue weighted by Crippen LogP contribution is -2.41. The Kier molecular flexibility index (Phi) is 3.88. The minimum Gasteiger partial charge on any atom is -0.381 e. The van der Waals surface area contributed by atoms with Crippen LogP contribution in [-0.4, -0.2) is 18.6 Å². The molecule has 2 rings (SSSR count). The fraction of sp³-hybridized carbons (Fsp3) is 0.462. The van der Waals surface area contributed by atoms with E-state index in [9.17, 15) is 0 Å². The molecule has 1 heterocycles. The molecular formula is C13H16ClN3. The number of anilines is 1. The lowest BCUT2D eigenvalue weighted by molar-refractivity contribution is 0.396. The highest BCUT2D eigenvalue weighted by atomic mass is 35.5. The van der Waals surface area contributed by atoms with Gasteiger partial charge in [-0.05, 0) is 38.4 Å². The topological polar surface area (TPSA) is 47.9 Å². The van der Waals surface area contributed by atoms with Crippen molar-refractivity contribution >= 4 is 17.3 Å². The number of nitriles is 1. The van der Waals surface area contributed by atoms with E-state index in [-0.39, 0.29) is 0 Å². The predicted octanol–water partition coefficient (Wildman–Crippen LogP) is 2.76. The summed E-state index contributed by atoms with van der Waals surface area (Å²) in [6.07, 6.45) is 2.14. The summed E-state index contributed by atoms with van der Waals surface area (Å²) < 4.78 is 0. The van der Waals surface area contributed by atoms with E-state index in [0.717, 1.165) is 25.1 Å². The highest BCUT2D eigenvalue weighted by Gasteiger charge is 2.19. The quantitative estimate of drug-likeness (QED) is 0.847. The van der Waals surface area contributed by atoms with Crippen LogP contribution in [0.1, 0.15) is 25.3 Å². The van der Waals surface area contributed by atoms with E-state index in [1.807, 2.05) is 12.1 Å². The Morgan fingerprint density at radius 3 is 3.06 bits per heavy atom. The summed E-state index contributed by atoms with van der Waals surface area (Å²) in [5.41, 5.74) is 1.39. The van der Waals surface area contributed by atoms with Crippen LogP contribution in [0, 0.1) is 11.3 Å². The predicted molar refractivity (Wildman–Crippen MR) is 70.3 cm³/mol. The van der Waals surface area contributed by atoms with Gasteiger partial charge in [0.25, 0.3) is 0 Å². The Hall–Kier alpha value is -1.24. The Labute approximate surface area is 107 Å². The molecule has 0 bridgehead atoms. The summed E-state index contributed by atoms with van der Waals surface area (Å²) >= 11 is 6.00. The van der Waals surface area contributed by atoms with Gasteiger partial charge in [-0.2, -0.15) is 5.26 Å². The zero-order chi connectivity index (χ0) is 12.3. The maximum Gasteiger partial charge on any atom is 0.103 e. The second kappa shape index (κ2) is 5.39. The summed E-state index contributed by atoms with van der Waals surface area (Å²) in [6.45, 7) is 3.19. The summed E-state index contributed by atoms with van der Waals surface area (Å²) in [4.78, 5) is 0. The largest absolute Gasteiger partial charge is 0.381 e. The number of nitrogens with one attached hydrogen (secondary N) is 2. The van der Waals surface area contributed by atoms with Crippen LogP contribution in [0.3, 0.4) is 0 Å². The molecule has 2 unspecified atom stereocenters. The van der Waals surface area contributed by atoms with Crippen LogP contribution < -0.4 is 10.6 Å². The highest BCUT2D eigenvalue weighted by molar-refractivity contribution is 6.32. The molecule has 1 fully saturated rings. The molecule has 0 aromatic heterocycles. The number of hydrogen-bond acceptors (Lipinski definition) is 3. The molecule has 0 spiro atoms. The minimum absolute atomic E-state index is 0.414. The molecule has 17 heavy (non-hydrogen) atoms. The highest BCUT2D eigenvalue weighted by Crippen LogP contribution is 2.25. The third kappa shape index (κ3) is 2.91. The van der Waals surface area contributed by atoms with Gasteiger partial charge < -0.3 is 10.6 Å². The first-order valence-corrected chi connectivity index (χ1v) is 6.27. The molecule has 4 heteroatoms. The SMILES string of the molecule is CC1CC(Nc2cccc(Cl)c2C#N)CCN1. The van der Waals surface area contributed by atoms with Crippen LogP contribution in [0.4, 0.5) is 5.69 Å². The third-order valence-electron chi connectivity index (χ3n) is 3.11. The summed E-state index contributed by atoms with van der Waals surface area (Å²) in [7, 11) is 0. The van der Waals surface area contributed by atoms with Crippen molar-refractivity contribution in [3.8, 4) is 6.07 Å². The van der Waals surface area contributed by atoms with Crippen molar-refractivity contribution in [1.29, 1.82) is 5.26 Å². The van der Waals surface area contributed by atoms with Gasteiger partial charge in [-0.1, -0.05) is 17.7 Å². The Balaban J connectivity index is 2.13. The van der Waals surface area contributed by atoms with Crippen LogP contribution in [0.2, 0.25) is 5.02 Å². The van der Waals surface area contributed by atoms with E-state index in [0.29, 0.717) is 22.7 Å². The van der Waals surface area contributed by atoms with E-state index in [1.165, 1.54) is 0 Å². The van der Waals surface area contributed by atoms with Crippen molar-refractivity contribution < 1.29 is 0 Å². The Bertz CT molecular complexity index is 439. The number of benzene rings is 1. The van der Waals surface area contributed by atoms with Gasteiger partial charge in [-0.3, -0.25) is 0 Å². The normalized spacial score (nSPS) is 24.1. The smallest absolute Gasteiger partial charge is 0.103 e. The maximum absolute atomic E-state index is 9.09. The van der Waals surface area contributed by atoms with Crippen molar-refractivity contribution in [2.75, 3.05) is 11.9 Å². The molecule has 0 saturated carbocycles. The van der Waals surface area contributed by atoms with E-state index >= 15 is 0 Å². The van der Waals surface area contributed by atoms with Crippen LogP contribution in [0.5, 0.6) is 0 Å². The molecule has 1 aliphatic rings. The summed E-state index contributed by atoms with van der Waals surface area (Å²) in [5, 5.41) is 16.4. The zero-order valence-electron chi connectivity index (χ0n) is 9.83. The van der Waals surface area contributed by atoms with Gasteiger partial charge in [-0.15, -0.1) is 0 Å². The average molecular weight is 250 g/mol. The molecule has 1 saturated heterocycles. The van der Waals surface area contributed by atoms with E-state index in [2.05, 4.69) is 23.6 Å². The molecule has 0 radical (unpaired) electrons. The van der Waals surface area contributed by atoms with Gasteiger partial charge in [0.15, 0.2) is 0 Å². The van der Waals surface area contributed by atoms with Crippen molar-refractivity contribution in [1.82, 2.24) is 5.32 Å². The Morgan fingerprint density at radius 1 is 1.53 bits per heavy atom. The monoisotopic (exact) mass is 249 g/mol. The fourth-order valence-corrected chi connectivity index (χ4v) is 2.46. The van der Waals surface area contributed by atoms with Gasteiger partial charge in [0.1, 0.15) is 6.07 Å². The van der Waals surface area contributed by atoms with E-state index < -0.39 is 0 Å². The minimum atomic E-state index is 0.414. The first-order valence-electron chi connectivity index (χ1n) is 5.89. The molecule has 1 aliphatic heterocycles. The zero-order valence-corrected chi connectivity index (χ0v) is 10.6. The number of nitrogens with zero attached hydrogens (tertiary/aromatic N) is 1. The molecule has 2 N–H and O–H groups in total. The van der Waals surface area contributed by atoms with Gasteiger partial charge in [0.05, 0.1) is 16.3 Å². The second-order valence-electron chi connectivity index (χ2n) is 4.50. The van der Waals surface area contributed by atoms with Gasteiger partial charge in [0.2, 0.25) is 0 Å². The van der Waals surface area contributed by atoms with Crippen LogP contribution in [-0.2, 0) is 0 Å². The van der Waals surface area contributed by atoms with Crippen molar-refractivity contribution in [3.63, 3.8) is 0 Å². The molecule has 3 nitrogen and oxygen atoms in total. The van der Waals surface area contributed by atoms with Gasteiger partial charge in [0, 0.05) is 12.1 Å². The van der Waals surface area contributed by atoms with Gasteiger partial charge in [-0.25, -0.2) is 0 Å². The maximum atomic E-state index is 9.09. The molecule has 0 aliphatic carbocycles. The first kappa shape index (κ1) is 12.2. The van der Waals surface area contributed by atoms with Crippen molar-refractivity contribution in [2.45, 2.75) is 31.8 Å². The number of piperidine rings is 1. The second-order valence-corrected chi connectivity index (χ2v) is 4.90. The first-order chi connectivity index (χ1) is 8.20. The molecular weight excluding hydrogens is 234 g/mol. The molecule has 2 atom stereocenters. The number of hydrogen-bond donors (Lipinski definition) is 2. The van der Waals surface area contributed by atoms with Crippen LogP contribution in [0.15, 0.2) is 18.2 Å². The molecule has 1 aromatic carbocycles. The standard InChI is InChI=1S/C13H16ClN3/c1-9-7-10(5-6-16-9)17-13-4-2-3-12(14)11(13)8-15/h2-4,9-10,16-17H,5-7H2,1H3. The fourth-order valence-electron chi connectivity index (χ4n) is 2.24. The molecule has 1 aromatic rings. The van der Waals surface area contributed by atoms with Gasteiger partial charge >= 0.3 is 0 Å². The van der Waals surface area contributed by atoms with Crippen molar-refractivity contribution in [2.24, 2.45) is 0 Å². The number of rotatable bonds is 2. The van der Waals surface area contributed by atoms with Crippen LogP contribution in [0.25, 0.3) is 0 Å². The number of halogens is 1. The molecule has 0 amide bonds. The lowest BCUT2D eigenvalue weighted by atomic mass is 10.00. The Morgan fingerprint density at radius 2 is 2.35 bits per heavy atom. The molecule has 90 valence electrons. The average Bonchev–Trinajstić information content (AvgIpc) is 2.29.